The molecule has 8 heteroatoms. The van der Waals surface area contributed by atoms with Crippen LogP contribution in [0.3, 0.4) is 0 Å². The first-order valence-corrected chi connectivity index (χ1v) is 11.3. The van der Waals surface area contributed by atoms with Crippen LogP contribution in [0.2, 0.25) is 0 Å². The SMILES string of the molecule is CCOc1ccc(CN(C)[C@@H](C)C(=O)Nc2cc(S(=O)(=O)N(C)C)ccc2C)cc1. The Hall–Kier alpha value is -2.42. The summed E-state index contributed by atoms with van der Waals surface area (Å²) in [5.41, 5.74) is 2.35. The van der Waals surface area contributed by atoms with Crippen LogP contribution in [0.1, 0.15) is 25.0 Å². The van der Waals surface area contributed by atoms with Crippen molar-refractivity contribution in [2.24, 2.45) is 0 Å². The van der Waals surface area contributed by atoms with Crippen molar-refractivity contribution in [3.05, 3.63) is 53.6 Å². The van der Waals surface area contributed by atoms with Crippen LogP contribution >= 0.6 is 0 Å². The minimum Gasteiger partial charge on any atom is -0.494 e. The molecule has 0 aromatic heterocycles. The highest BCUT2D eigenvalue weighted by molar-refractivity contribution is 7.89. The Morgan fingerprint density at radius 3 is 2.30 bits per heavy atom. The van der Waals surface area contributed by atoms with Gasteiger partial charge in [0.1, 0.15) is 5.75 Å². The van der Waals surface area contributed by atoms with Gasteiger partial charge in [0.25, 0.3) is 0 Å². The number of likely N-dealkylation sites (N-methyl/N-ethyl adjacent to an activating group) is 1. The van der Waals surface area contributed by atoms with E-state index in [0.29, 0.717) is 18.8 Å². The van der Waals surface area contributed by atoms with Gasteiger partial charge in [-0.15, -0.1) is 0 Å². The largest absolute Gasteiger partial charge is 0.494 e. The predicted molar refractivity (Wildman–Crippen MR) is 119 cm³/mol. The molecule has 0 bridgehead atoms. The van der Waals surface area contributed by atoms with Gasteiger partial charge >= 0.3 is 0 Å². The van der Waals surface area contributed by atoms with Gasteiger partial charge in [-0.3, -0.25) is 9.69 Å². The number of ether oxygens (including phenoxy) is 1. The molecule has 0 saturated heterocycles. The highest BCUT2D eigenvalue weighted by Gasteiger charge is 2.22. The summed E-state index contributed by atoms with van der Waals surface area (Å²) in [4.78, 5) is 14.9. The average Bonchev–Trinajstić information content (AvgIpc) is 2.70. The number of aryl methyl sites for hydroxylation is 1. The van der Waals surface area contributed by atoms with E-state index in [1.165, 1.54) is 20.2 Å². The van der Waals surface area contributed by atoms with Crippen molar-refractivity contribution in [3.63, 3.8) is 0 Å². The Morgan fingerprint density at radius 2 is 1.73 bits per heavy atom. The molecule has 1 N–H and O–H groups in total. The maximum atomic E-state index is 12.8. The van der Waals surface area contributed by atoms with Gasteiger partial charge in [-0.2, -0.15) is 0 Å². The fourth-order valence-corrected chi connectivity index (χ4v) is 3.76. The molecular weight excluding hydrogens is 402 g/mol. The van der Waals surface area contributed by atoms with Crippen LogP contribution < -0.4 is 10.1 Å². The number of nitrogens with one attached hydrogen (secondary N) is 1. The van der Waals surface area contributed by atoms with Crippen molar-refractivity contribution in [1.29, 1.82) is 0 Å². The predicted octanol–water partition coefficient (Wildman–Crippen LogP) is 3.10. The van der Waals surface area contributed by atoms with Gasteiger partial charge in [0.15, 0.2) is 0 Å². The lowest BCUT2D eigenvalue weighted by molar-refractivity contribution is -0.120. The van der Waals surface area contributed by atoms with Crippen LogP contribution in [0.4, 0.5) is 5.69 Å². The second-order valence-electron chi connectivity index (χ2n) is 7.42. The Kier molecular flexibility index (Phi) is 8.00. The summed E-state index contributed by atoms with van der Waals surface area (Å²) in [7, 11) is 1.25. The number of hydrogen-bond acceptors (Lipinski definition) is 5. The van der Waals surface area contributed by atoms with Crippen LogP contribution in [0, 0.1) is 6.92 Å². The average molecular weight is 434 g/mol. The molecule has 1 amide bonds. The molecule has 2 aromatic carbocycles. The second-order valence-corrected chi connectivity index (χ2v) is 9.57. The zero-order valence-electron chi connectivity index (χ0n) is 18.5. The zero-order chi connectivity index (χ0) is 22.5. The molecule has 0 heterocycles. The Bertz CT molecular complexity index is 972. The van der Waals surface area contributed by atoms with Gasteiger partial charge in [-0.1, -0.05) is 18.2 Å². The van der Waals surface area contributed by atoms with Gasteiger partial charge < -0.3 is 10.1 Å². The van der Waals surface area contributed by atoms with Gasteiger partial charge in [0.05, 0.1) is 17.5 Å². The van der Waals surface area contributed by atoms with Crippen molar-refractivity contribution in [2.75, 3.05) is 33.1 Å². The maximum absolute atomic E-state index is 12.8. The van der Waals surface area contributed by atoms with Crippen LogP contribution in [-0.4, -0.2) is 57.3 Å². The summed E-state index contributed by atoms with van der Waals surface area (Å²) in [5, 5.41) is 2.87. The lowest BCUT2D eigenvalue weighted by atomic mass is 10.1. The number of sulfonamides is 1. The Balaban J connectivity index is 2.09. The normalized spacial score (nSPS) is 12.8. The van der Waals surface area contributed by atoms with Crippen LogP contribution in [0.5, 0.6) is 5.75 Å². The van der Waals surface area contributed by atoms with E-state index >= 15 is 0 Å². The molecule has 1 atom stereocenters. The molecule has 2 aromatic rings. The Morgan fingerprint density at radius 1 is 1.10 bits per heavy atom. The first-order chi connectivity index (χ1) is 14.1. The molecule has 0 radical (unpaired) electrons. The Labute approximate surface area is 179 Å². The fraction of sp³-hybridized carbons (Fsp3) is 0.409. The van der Waals surface area contributed by atoms with E-state index in [1.54, 1.807) is 12.1 Å². The third kappa shape index (κ3) is 5.81. The summed E-state index contributed by atoms with van der Waals surface area (Å²) < 4.78 is 31.4. The monoisotopic (exact) mass is 433 g/mol. The van der Waals surface area contributed by atoms with E-state index in [0.717, 1.165) is 21.2 Å². The summed E-state index contributed by atoms with van der Waals surface area (Å²) in [6, 6.07) is 12.1. The molecule has 0 saturated carbocycles. The lowest BCUT2D eigenvalue weighted by Gasteiger charge is -2.24. The molecule has 30 heavy (non-hydrogen) atoms. The summed E-state index contributed by atoms with van der Waals surface area (Å²) in [6.07, 6.45) is 0. The number of hydrogen-bond donors (Lipinski definition) is 1. The number of anilines is 1. The van der Waals surface area contributed by atoms with Gasteiger partial charge in [-0.05, 0) is 63.2 Å². The number of nitrogens with zero attached hydrogens (tertiary/aromatic N) is 2. The number of amides is 1. The molecule has 0 unspecified atom stereocenters. The summed E-state index contributed by atoms with van der Waals surface area (Å²) in [6.45, 7) is 6.80. The third-order valence-corrected chi connectivity index (χ3v) is 6.76. The molecule has 0 aliphatic carbocycles. The second kappa shape index (κ2) is 10.1. The number of carbonyl (C=O) groups is 1. The van der Waals surface area contributed by atoms with E-state index < -0.39 is 16.1 Å². The van der Waals surface area contributed by atoms with Gasteiger partial charge in [0, 0.05) is 26.3 Å². The molecule has 0 aliphatic rings. The minimum absolute atomic E-state index is 0.142. The van der Waals surface area contributed by atoms with Crippen molar-refractivity contribution in [1.82, 2.24) is 9.21 Å². The summed E-state index contributed by atoms with van der Waals surface area (Å²) >= 11 is 0. The minimum atomic E-state index is -3.58. The maximum Gasteiger partial charge on any atom is 0.242 e. The topological polar surface area (TPSA) is 79.0 Å². The quantitative estimate of drug-likeness (QED) is 0.657. The fourth-order valence-electron chi connectivity index (χ4n) is 2.83. The standard InChI is InChI=1S/C22H31N3O4S/c1-7-29-19-11-9-18(10-12-19)15-25(6)17(3)22(26)23-21-14-20(13-8-16(21)2)30(27,28)24(4)5/h8-14,17H,7,15H2,1-6H3,(H,23,26)/t17-/m0/s1. The molecule has 2 rings (SSSR count). The highest BCUT2D eigenvalue weighted by atomic mass is 32.2. The van der Waals surface area contributed by atoms with E-state index in [-0.39, 0.29) is 10.8 Å². The van der Waals surface area contributed by atoms with E-state index in [2.05, 4.69) is 5.32 Å². The highest BCUT2D eigenvalue weighted by Crippen LogP contribution is 2.22. The van der Waals surface area contributed by atoms with Crippen LogP contribution in [0.25, 0.3) is 0 Å². The molecule has 7 nitrogen and oxygen atoms in total. The third-order valence-electron chi connectivity index (χ3n) is 4.95. The first kappa shape index (κ1) is 23.9. The van der Waals surface area contributed by atoms with Crippen LogP contribution in [0.15, 0.2) is 47.4 Å². The van der Waals surface area contributed by atoms with E-state index in [4.69, 9.17) is 4.74 Å². The van der Waals surface area contributed by atoms with E-state index in [9.17, 15) is 13.2 Å². The number of rotatable bonds is 9. The number of carbonyl (C=O) groups excluding carboxylic acids is 1. The summed E-state index contributed by atoms with van der Waals surface area (Å²) in [5.74, 6) is 0.615. The molecule has 164 valence electrons. The van der Waals surface area contributed by atoms with Crippen molar-refractivity contribution >= 4 is 21.6 Å². The molecular formula is C22H31N3O4S. The lowest BCUT2D eigenvalue weighted by Crippen LogP contribution is -2.39. The first-order valence-electron chi connectivity index (χ1n) is 9.82. The van der Waals surface area contributed by atoms with Crippen molar-refractivity contribution in [2.45, 2.75) is 38.3 Å². The zero-order valence-corrected chi connectivity index (χ0v) is 19.3. The molecule has 0 fully saturated rings. The molecule has 0 spiro atoms. The number of benzene rings is 2. The smallest absolute Gasteiger partial charge is 0.242 e. The van der Waals surface area contributed by atoms with Crippen molar-refractivity contribution in [3.8, 4) is 5.75 Å². The van der Waals surface area contributed by atoms with Crippen LogP contribution in [-0.2, 0) is 21.4 Å². The van der Waals surface area contributed by atoms with E-state index in [1.807, 2.05) is 57.0 Å². The van der Waals surface area contributed by atoms with Gasteiger partial charge in [0.2, 0.25) is 15.9 Å². The van der Waals surface area contributed by atoms with Gasteiger partial charge in [-0.25, -0.2) is 12.7 Å². The van der Waals surface area contributed by atoms with Crippen molar-refractivity contribution < 1.29 is 17.9 Å². The molecule has 0 aliphatic heterocycles.